The van der Waals surface area contributed by atoms with Crippen LogP contribution in [0.2, 0.25) is 5.02 Å². The normalized spacial score (nSPS) is 14.1. The Morgan fingerprint density at radius 2 is 1.64 bits per heavy atom. The van der Waals surface area contributed by atoms with Crippen LogP contribution in [0.15, 0.2) is 47.4 Å². The molecule has 1 aliphatic heterocycles. The summed E-state index contributed by atoms with van der Waals surface area (Å²) in [7, 11) is 0. The molecule has 0 aliphatic carbocycles. The highest BCUT2D eigenvalue weighted by molar-refractivity contribution is 8.00. The van der Waals surface area contributed by atoms with Crippen molar-refractivity contribution in [3.05, 3.63) is 58.6 Å². The summed E-state index contributed by atoms with van der Waals surface area (Å²) in [5, 5.41) is 3.63. The minimum Gasteiger partial charge on any atom is -0.455 e. The Morgan fingerprint density at radius 1 is 1.00 bits per heavy atom. The predicted octanol–water partition coefficient (Wildman–Crippen LogP) is 3.38. The molecule has 0 saturated carbocycles. The number of carbonyl (C=O) groups is 3. The van der Waals surface area contributed by atoms with Gasteiger partial charge in [0.2, 0.25) is 5.91 Å². The zero-order valence-electron chi connectivity index (χ0n) is 18.8. The van der Waals surface area contributed by atoms with Gasteiger partial charge in [0.1, 0.15) is 0 Å². The van der Waals surface area contributed by atoms with Crippen LogP contribution in [-0.4, -0.2) is 72.7 Å². The van der Waals surface area contributed by atoms with Gasteiger partial charge in [0.15, 0.2) is 6.61 Å². The van der Waals surface area contributed by atoms with Crippen molar-refractivity contribution in [3.63, 3.8) is 0 Å². The molecule has 9 heteroatoms. The zero-order chi connectivity index (χ0) is 23.8. The number of carbonyl (C=O) groups excluding carboxylic acids is 3. The van der Waals surface area contributed by atoms with Crippen LogP contribution in [0.4, 0.5) is 5.69 Å². The van der Waals surface area contributed by atoms with Gasteiger partial charge in [0.25, 0.3) is 5.91 Å². The van der Waals surface area contributed by atoms with E-state index in [-0.39, 0.29) is 30.7 Å². The number of rotatable bonds is 8. The van der Waals surface area contributed by atoms with E-state index in [1.165, 1.54) is 11.8 Å². The molecule has 0 radical (unpaired) electrons. The number of para-hydroxylation sites is 1. The number of nitrogens with one attached hydrogen (secondary N) is 1. The average molecular weight is 490 g/mol. The lowest BCUT2D eigenvalue weighted by Crippen LogP contribution is -2.51. The molecule has 1 saturated heterocycles. The minimum absolute atomic E-state index is 0.0701. The van der Waals surface area contributed by atoms with Crippen molar-refractivity contribution in [2.45, 2.75) is 18.7 Å². The first kappa shape index (κ1) is 25.1. The highest BCUT2D eigenvalue weighted by atomic mass is 35.5. The first-order valence-corrected chi connectivity index (χ1v) is 12.1. The van der Waals surface area contributed by atoms with Crippen molar-refractivity contribution in [1.82, 2.24) is 9.80 Å². The van der Waals surface area contributed by atoms with E-state index < -0.39 is 5.97 Å². The van der Waals surface area contributed by atoms with E-state index in [1.807, 2.05) is 49.1 Å². The molecule has 1 N–H and O–H groups in total. The van der Waals surface area contributed by atoms with Crippen molar-refractivity contribution >= 4 is 46.8 Å². The number of piperazine rings is 1. The summed E-state index contributed by atoms with van der Waals surface area (Å²) in [5.41, 5.74) is 2.91. The third-order valence-electron chi connectivity index (χ3n) is 5.36. The Balaban J connectivity index is 1.35. The van der Waals surface area contributed by atoms with Crippen molar-refractivity contribution in [2.75, 3.05) is 50.4 Å². The van der Waals surface area contributed by atoms with Crippen LogP contribution in [0.3, 0.4) is 0 Å². The number of thioether (sulfide) groups is 1. The molecule has 0 aromatic heterocycles. The average Bonchev–Trinajstić information content (AvgIpc) is 2.80. The Labute approximate surface area is 203 Å². The fourth-order valence-electron chi connectivity index (χ4n) is 3.50. The number of benzene rings is 2. The van der Waals surface area contributed by atoms with E-state index in [1.54, 1.807) is 17.0 Å². The van der Waals surface area contributed by atoms with Gasteiger partial charge in [-0.25, -0.2) is 0 Å². The number of ether oxygens (including phenoxy) is 1. The van der Waals surface area contributed by atoms with E-state index in [9.17, 15) is 14.4 Å². The van der Waals surface area contributed by atoms with Gasteiger partial charge in [-0.2, -0.15) is 0 Å². The molecule has 1 fully saturated rings. The van der Waals surface area contributed by atoms with E-state index in [2.05, 4.69) is 5.32 Å². The molecule has 33 heavy (non-hydrogen) atoms. The van der Waals surface area contributed by atoms with Gasteiger partial charge < -0.3 is 15.0 Å². The van der Waals surface area contributed by atoms with Crippen LogP contribution in [0.5, 0.6) is 0 Å². The van der Waals surface area contributed by atoms with E-state index in [4.69, 9.17) is 16.3 Å². The fraction of sp³-hybridized carbons (Fsp3) is 0.375. The van der Waals surface area contributed by atoms with Crippen molar-refractivity contribution in [3.8, 4) is 0 Å². The number of hydrogen-bond donors (Lipinski definition) is 1. The number of hydrogen-bond acceptors (Lipinski definition) is 6. The summed E-state index contributed by atoms with van der Waals surface area (Å²) >= 11 is 7.17. The maximum absolute atomic E-state index is 12.5. The van der Waals surface area contributed by atoms with Crippen molar-refractivity contribution < 1.29 is 19.1 Å². The smallest absolute Gasteiger partial charge is 0.316 e. The monoisotopic (exact) mass is 489 g/mol. The largest absolute Gasteiger partial charge is 0.455 e. The van der Waals surface area contributed by atoms with Gasteiger partial charge in [-0.1, -0.05) is 29.8 Å². The molecule has 0 unspecified atom stereocenters. The molecular weight excluding hydrogens is 462 g/mol. The molecule has 0 spiro atoms. The molecule has 3 rings (SSSR count). The number of esters is 1. The highest BCUT2D eigenvalue weighted by Crippen LogP contribution is 2.21. The van der Waals surface area contributed by atoms with Crippen LogP contribution < -0.4 is 5.32 Å². The molecule has 2 aromatic carbocycles. The summed E-state index contributed by atoms with van der Waals surface area (Å²) < 4.78 is 5.13. The lowest BCUT2D eigenvalue weighted by molar-refractivity contribution is -0.150. The molecule has 0 atom stereocenters. The minimum atomic E-state index is -0.440. The van der Waals surface area contributed by atoms with Crippen LogP contribution in [0.1, 0.15) is 11.1 Å². The molecule has 1 heterocycles. The van der Waals surface area contributed by atoms with Gasteiger partial charge >= 0.3 is 5.97 Å². The Hall–Kier alpha value is -2.55. The lowest BCUT2D eigenvalue weighted by Gasteiger charge is -2.34. The number of amides is 2. The second kappa shape index (κ2) is 12.1. The third kappa shape index (κ3) is 7.77. The SMILES string of the molecule is Cc1cccc(C)c1NC(=O)CN1CCN(C(=O)COC(=O)CSc2ccc(Cl)cc2)CC1. The topological polar surface area (TPSA) is 79.0 Å². The molecular formula is C24H28ClN3O4S. The summed E-state index contributed by atoms with van der Waals surface area (Å²) in [4.78, 5) is 41.4. The summed E-state index contributed by atoms with van der Waals surface area (Å²) in [5.74, 6) is -0.609. The van der Waals surface area contributed by atoms with Gasteiger partial charge in [-0.15, -0.1) is 11.8 Å². The van der Waals surface area contributed by atoms with Crippen molar-refractivity contribution in [2.24, 2.45) is 0 Å². The van der Waals surface area contributed by atoms with Crippen LogP contribution in [0, 0.1) is 13.8 Å². The first-order valence-electron chi connectivity index (χ1n) is 10.7. The second-order valence-corrected chi connectivity index (χ2v) is 9.36. The second-order valence-electron chi connectivity index (χ2n) is 7.88. The maximum atomic E-state index is 12.5. The highest BCUT2D eigenvalue weighted by Gasteiger charge is 2.23. The Bertz CT molecular complexity index is 971. The molecule has 2 aromatic rings. The maximum Gasteiger partial charge on any atom is 0.316 e. The van der Waals surface area contributed by atoms with Crippen LogP contribution >= 0.6 is 23.4 Å². The van der Waals surface area contributed by atoms with Gasteiger partial charge in [0, 0.05) is 41.8 Å². The third-order valence-corrected chi connectivity index (χ3v) is 6.60. The van der Waals surface area contributed by atoms with E-state index >= 15 is 0 Å². The van der Waals surface area contributed by atoms with E-state index in [0.29, 0.717) is 31.2 Å². The van der Waals surface area contributed by atoms with Gasteiger partial charge in [-0.05, 0) is 49.2 Å². The number of nitrogens with zero attached hydrogens (tertiary/aromatic N) is 2. The van der Waals surface area contributed by atoms with E-state index in [0.717, 1.165) is 21.7 Å². The summed E-state index contributed by atoms with van der Waals surface area (Å²) in [6.45, 7) is 6.10. The number of halogens is 1. The Morgan fingerprint density at radius 3 is 2.27 bits per heavy atom. The summed E-state index contributed by atoms with van der Waals surface area (Å²) in [6, 6.07) is 13.1. The molecule has 0 bridgehead atoms. The van der Waals surface area contributed by atoms with Gasteiger partial charge in [0.05, 0.1) is 12.3 Å². The first-order chi connectivity index (χ1) is 15.8. The quantitative estimate of drug-likeness (QED) is 0.452. The molecule has 176 valence electrons. The van der Waals surface area contributed by atoms with Crippen LogP contribution in [-0.2, 0) is 19.1 Å². The molecule has 7 nitrogen and oxygen atoms in total. The predicted molar refractivity (Wildman–Crippen MR) is 131 cm³/mol. The standard InChI is InChI=1S/C24H28ClN3O4S/c1-17-4-3-5-18(2)24(17)26-21(29)14-27-10-12-28(13-11-27)22(30)15-32-23(31)16-33-20-8-6-19(25)7-9-20/h3-9H,10-16H2,1-2H3,(H,26,29). The van der Waals surface area contributed by atoms with Gasteiger partial charge in [-0.3, -0.25) is 19.3 Å². The van der Waals surface area contributed by atoms with Crippen molar-refractivity contribution in [1.29, 1.82) is 0 Å². The molecule has 2 amide bonds. The molecule has 1 aliphatic rings. The summed E-state index contributed by atoms with van der Waals surface area (Å²) in [6.07, 6.45) is 0. The lowest BCUT2D eigenvalue weighted by atomic mass is 10.1. The number of aryl methyl sites for hydroxylation is 2. The number of anilines is 1. The van der Waals surface area contributed by atoms with Crippen LogP contribution in [0.25, 0.3) is 0 Å². The zero-order valence-corrected chi connectivity index (χ0v) is 20.4. The Kier molecular flexibility index (Phi) is 9.17. The fourth-order valence-corrected chi connectivity index (χ4v) is 4.32.